The summed E-state index contributed by atoms with van der Waals surface area (Å²) in [4.78, 5) is 1.43. The second kappa shape index (κ2) is 6.82. The number of benzene rings is 2. The fraction of sp³-hybridized carbons (Fsp3) is 0.174. The van der Waals surface area contributed by atoms with E-state index in [1.54, 1.807) is 0 Å². The van der Waals surface area contributed by atoms with Crippen molar-refractivity contribution < 1.29 is 0 Å². The second-order valence-corrected chi connectivity index (χ2v) is 7.52. The van der Waals surface area contributed by atoms with Gasteiger partial charge in [0.05, 0.1) is 11.3 Å². The molecule has 0 aliphatic rings. The summed E-state index contributed by atoms with van der Waals surface area (Å²) in [7, 11) is 1.92. The van der Waals surface area contributed by atoms with Gasteiger partial charge >= 0.3 is 0 Å². The van der Waals surface area contributed by atoms with Gasteiger partial charge in [-0.05, 0) is 37.1 Å². The van der Waals surface area contributed by atoms with Crippen LogP contribution in [0, 0.1) is 18.8 Å². The van der Waals surface area contributed by atoms with Crippen molar-refractivity contribution in [2.24, 2.45) is 7.05 Å². The topological polar surface area (TPSA) is 17.8 Å². The van der Waals surface area contributed by atoms with Crippen LogP contribution in [0.2, 0.25) is 0 Å². The number of thiophene rings is 1. The van der Waals surface area contributed by atoms with E-state index in [0.29, 0.717) is 0 Å². The van der Waals surface area contributed by atoms with Gasteiger partial charge < -0.3 is 0 Å². The first-order chi connectivity index (χ1) is 12.7. The first kappa shape index (κ1) is 16.6. The van der Waals surface area contributed by atoms with Crippen molar-refractivity contribution in [1.82, 2.24) is 9.78 Å². The van der Waals surface area contributed by atoms with Gasteiger partial charge in [-0.2, -0.15) is 5.10 Å². The van der Waals surface area contributed by atoms with E-state index < -0.39 is 0 Å². The monoisotopic (exact) mass is 356 g/mol. The lowest BCUT2D eigenvalue weighted by molar-refractivity contribution is 0.756. The molecule has 0 amide bonds. The molecule has 0 unspecified atom stereocenters. The second-order valence-electron chi connectivity index (χ2n) is 6.38. The molecule has 3 heteroatoms. The van der Waals surface area contributed by atoms with Crippen molar-refractivity contribution in [3.63, 3.8) is 0 Å². The molecule has 0 atom stereocenters. The quantitative estimate of drug-likeness (QED) is 0.429. The Hall–Kier alpha value is -2.83. The minimum atomic E-state index is 0.967. The van der Waals surface area contributed by atoms with E-state index in [-0.39, 0.29) is 0 Å². The van der Waals surface area contributed by atoms with E-state index in [2.05, 4.69) is 72.4 Å². The highest BCUT2D eigenvalue weighted by molar-refractivity contribution is 7.19. The van der Waals surface area contributed by atoms with Crippen molar-refractivity contribution in [2.75, 3.05) is 0 Å². The maximum atomic E-state index is 4.36. The summed E-state index contributed by atoms with van der Waals surface area (Å²) in [5.41, 5.74) is 5.63. The summed E-state index contributed by atoms with van der Waals surface area (Å²) in [5, 5.41) is 5.66. The Bertz CT molecular complexity index is 1140. The zero-order valence-corrected chi connectivity index (χ0v) is 16.0. The van der Waals surface area contributed by atoms with Crippen molar-refractivity contribution >= 4 is 21.4 Å². The predicted molar refractivity (Wildman–Crippen MR) is 111 cm³/mol. The molecular formula is C23H20N2S. The molecule has 26 heavy (non-hydrogen) atoms. The van der Waals surface area contributed by atoms with Crippen LogP contribution >= 0.6 is 11.3 Å². The van der Waals surface area contributed by atoms with Gasteiger partial charge in [0.2, 0.25) is 0 Å². The molecule has 0 radical (unpaired) electrons. The minimum Gasteiger partial charge on any atom is -0.274 e. The molecule has 4 rings (SSSR count). The Morgan fingerprint density at radius 2 is 1.88 bits per heavy atom. The van der Waals surface area contributed by atoms with Crippen LogP contribution in [-0.2, 0) is 13.5 Å². The summed E-state index contributed by atoms with van der Waals surface area (Å²) in [5.74, 6) is 6.58. The van der Waals surface area contributed by atoms with Gasteiger partial charge in [0.25, 0.3) is 0 Å². The lowest BCUT2D eigenvalue weighted by atomic mass is 10.00. The minimum absolute atomic E-state index is 0.967. The summed E-state index contributed by atoms with van der Waals surface area (Å²) in [6, 6.07) is 17.2. The fourth-order valence-corrected chi connectivity index (χ4v) is 4.40. The van der Waals surface area contributed by atoms with Crippen LogP contribution in [-0.4, -0.2) is 9.78 Å². The summed E-state index contributed by atoms with van der Waals surface area (Å²) >= 11 is 1.89. The maximum Gasteiger partial charge on any atom is 0.0750 e. The average molecular weight is 356 g/mol. The first-order valence-corrected chi connectivity index (χ1v) is 9.60. The maximum absolute atomic E-state index is 4.36. The molecular weight excluding hydrogens is 336 g/mol. The lowest BCUT2D eigenvalue weighted by Crippen LogP contribution is -1.86. The number of fused-ring (bicyclic) bond motifs is 1. The van der Waals surface area contributed by atoms with Gasteiger partial charge in [-0.1, -0.05) is 49.1 Å². The third-order valence-electron chi connectivity index (χ3n) is 4.50. The van der Waals surface area contributed by atoms with Gasteiger partial charge in [0.15, 0.2) is 0 Å². The van der Waals surface area contributed by atoms with Crippen LogP contribution in [0.3, 0.4) is 0 Å². The van der Waals surface area contributed by atoms with Crippen molar-refractivity contribution in [2.45, 2.75) is 20.3 Å². The van der Waals surface area contributed by atoms with Gasteiger partial charge in [-0.25, -0.2) is 0 Å². The van der Waals surface area contributed by atoms with Crippen LogP contribution in [0.1, 0.15) is 28.6 Å². The third-order valence-corrected chi connectivity index (χ3v) is 5.81. The van der Waals surface area contributed by atoms with E-state index in [1.807, 2.05) is 36.2 Å². The van der Waals surface area contributed by atoms with E-state index in [9.17, 15) is 0 Å². The highest BCUT2D eigenvalue weighted by Gasteiger charge is 2.13. The van der Waals surface area contributed by atoms with Crippen LogP contribution in [0.4, 0.5) is 0 Å². The Kier molecular flexibility index (Phi) is 4.36. The molecule has 2 heterocycles. The lowest BCUT2D eigenvalue weighted by Gasteiger charge is -2.03. The van der Waals surface area contributed by atoms with Crippen LogP contribution in [0.25, 0.3) is 21.2 Å². The van der Waals surface area contributed by atoms with E-state index >= 15 is 0 Å². The summed E-state index contributed by atoms with van der Waals surface area (Å²) in [6.45, 7) is 4.22. The highest BCUT2D eigenvalue weighted by atomic mass is 32.1. The van der Waals surface area contributed by atoms with Gasteiger partial charge in [0.1, 0.15) is 0 Å². The Morgan fingerprint density at radius 3 is 2.58 bits per heavy atom. The number of aryl methyl sites for hydroxylation is 3. The number of hydrogen-bond acceptors (Lipinski definition) is 2. The molecule has 0 bridgehead atoms. The largest absolute Gasteiger partial charge is 0.274 e. The average Bonchev–Trinajstić information content (AvgIpc) is 3.19. The SMILES string of the molecule is CCc1sc2ccc(C#Cc3cn(C)nc3C)cc2c1-c1ccccc1. The summed E-state index contributed by atoms with van der Waals surface area (Å²) < 4.78 is 3.13. The van der Waals surface area contributed by atoms with E-state index in [1.165, 1.54) is 26.1 Å². The highest BCUT2D eigenvalue weighted by Crippen LogP contribution is 2.39. The molecule has 0 aliphatic heterocycles. The number of rotatable bonds is 2. The zero-order chi connectivity index (χ0) is 18.1. The predicted octanol–water partition coefficient (Wildman–Crippen LogP) is 5.57. The molecule has 2 nitrogen and oxygen atoms in total. The molecule has 0 spiro atoms. The summed E-state index contributed by atoms with van der Waals surface area (Å²) in [6.07, 6.45) is 3.01. The fourth-order valence-electron chi connectivity index (χ4n) is 3.26. The molecule has 0 fully saturated rings. The molecule has 2 aromatic heterocycles. The molecule has 0 aliphatic carbocycles. The standard InChI is InChI=1S/C23H20N2S/c1-4-21-23(18-8-6-5-7-9-18)20-14-17(11-13-22(20)26-21)10-12-19-15-25(3)24-16(19)2/h5-9,11,13-15H,4H2,1-3H3. The zero-order valence-electron chi connectivity index (χ0n) is 15.2. The Labute approximate surface area is 158 Å². The smallest absolute Gasteiger partial charge is 0.0750 e. The van der Waals surface area contributed by atoms with Gasteiger partial charge in [-0.3, -0.25) is 4.68 Å². The molecule has 2 aromatic carbocycles. The van der Waals surface area contributed by atoms with Crippen LogP contribution in [0.5, 0.6) is 0 Å². The van der Waals surface area contributed by atoms with Crippen molar-refractivity contribution in [3.05, 3.63) is 76.4 Å². The molecule has 0 saturated heterocycles. The van der Waals surface area contributed by atoms with E-state index in [0.717, 1.165) is 23.2 Å². The Morgan fingerprint density at radius 1 is 1.08 bits per heavy atom. The Balaban J connectivity index is 1.84. The molecule has 0 N–H and O–H groups in total. The molecule has 4 aromatic rings. The van der Waals surface area contributed by atoms with Gasteiger partial charge in [0, 0.05) is 39.3 Å². The molecule has 0 saturated carbocycles. The molecule has 128 valence electrons. The van der Waals surface area contributed by atoms with Crippen LogP contribution < -0.4 is 0 Å². The van der Waals surface area contributed by atoms with Crippen LogP contribution in [0.15, 0.2) is 54.7 Å². The van der Waals surface area contributed by atoms with E-state index in [4.69, 9.17) is 0 Å². The third kappa shape index (κ3) is 3.05. The van der Waals surface area contributed by atoms with Crippen molar-refractivity contribution in [1.29, 1.82) is 0 Å². The number of hydrogen-bond donors (Lipinski definition) is 0. The van der Waals surface area contributed by atoms with Gasteiger partial charge in [-0.15, -0.1) is 11.3 Å². The number of aromatic nitrogens is 2. The first-order valence-electron chi connectivity index (χ1n) is 8.79. The normalized spacial score (nSPS) is 10.7. The van der Waals surface area contributed by atoms with Crippen molar-refractivity contribution in [3.8, 4) is 23.0 Å². The number of nitrogens with zero attached hydrogens (tertiary/aromatic N) is 2.